The minimum Gasteiger partial charge on any atom is -0.478 e. The summed E-state index contributed by atoms with van der Waals surface area (Å²) < 4.78 is 4.00. The lowest BCUT2D eigenvalue weighted by molar-refractivity contribution is 0.0696. The van der Waals surface area contributed by atoms with Gasteiger partial charge in [-0.15, -0.1) is 5.10 Å². The van der Waals surface area contributed by atoms with E-state index in [1.54, 1.807) is 0 Å². The highest BCUT2D eigenvalue weighted by molar-refractivity contribution is 7.09. The van der Waals surface area contributed by atoms with Crippen molar-refractivity contribution in [2.75, 3.05) is 0 Å². The molecule has 0 aromatic carbocycles. The fourth-order valence-electron chi connectivity index (χ4n) is 1.96. The molecule has 0 atom stereocenters. The number of rotatable bonds is 2. The molecule has 0 aliphatic carbocycles. The lowest BCUT2D eigenvalue weighted by Gasteiger charge is -2.15. The number of hydrogen-bond acceptors (Lipinski definition) is 6. The number of nitrogens with one attached hydrogen (secondary N) is 1. The van der Waals surface area contributed by atoms with Crippen molar-refractivity contribution in [2.24, 2.45) is 0 Å². The molecule has 3 heterocycles. The van der Waals surface area contributed by atoms with Crippen molar-refractivity contribution in [3.63, 3.8) is 0 Å². The Morgan fingerprint density at radius 3 is 2.81 bits per heavy atom. The molecule has 0 aliphatic heterocycles. The number of H-pyrrole nitrogens is 1. The van der Waals surface area contributed by atoms with Crippen LogP contribution in [0, 0.1) is 0 Å². The smallest absolute Gasteiger partial charge is 0.337 e. The van der Waals surface area contributed by atoms with Crippen LogP contribution in [0.1, 0.15) is 36.8 Å². The van der Waals surface area contributed by atoms with Crippen molar-refractivity contribution in [2.45, 2.75) is 26.2 Å². The van der Waals surface area contributed by atoms with Gasteiger partial charge >= 0.3 is 5.97 Å². The van der Waals surface area contributed by atoms with Crippen LogP contribution >= 0.6 is 11.5 Å². The van der Waals surface area contributed by atoms with Crippen LogP contribution in [0.15, 0.2) is 12.3 Å². The van der Waals surface area contributed by atoms with E-state index in [1.165, 1.54) is 23.8 Å². The highest BCUT2D eigenvalue weighted by Crippen LogP contribution is 2.33. The lowest BCUT2D eigenvalue weighted by atomic mass is 9.91. The highest BCUT2D eigenvalue weighted by Gasteiger charge is 2.25. The van der Waals surface area contributed by atoms with Gasteiger partial charge in [-0.2, -0.15) is 0 Å². The first-order valence-corrected chi connectivity index (χ1v) is 7.06. The molecule has 3 rings (SSSR count). The average molecular weight is 303 g/mol. The minimum absolute atomic E-state index is 0.121. The third-order valence-electron chi connectivity index (χ3n) is 3.00. The molecule has 0 bridgehead atoms. The van der Waals surface area contributed by atoms with Crippen molar-refractivity contribution in [1.82, 2.24) is 24.5 Å². The third-order valence-corrected chi connectivity index (χ3v) is 3.73. The highest BCUT2D eigenvalue weighted by atomic mass is 32.1. The van der Waals surface area contributed by atoms with Crippen LogP contribution in [0.3, 0.4) is 0 Å². The third kappa shape index (κ3) is 2.38. The van der Waals surface area contributed by atoms with E-state index in [0.29, 0.717) is 17.0 Å². The normalized spacial score (nSPS) is 12.0. The second-order valence-electron chi connectivity index (χ2n) is 5.69. The van der Waals surface area contributed by atoms with Crippen LogP contribution in [-0.2, 0) is 5.41 Å². The van der Waals surface area contributed by atoms with Gasteiger partial charge in [0.25, 0.3) is 0 Å². The Kier molecular flexibility index (Phi) is 2.98. The summed E-state index contributed by atoms with van der Waals surface area (Å²) in [5.41, 5.74) is 1.88. The number of fused-ring (bicyclic) bond motifs is 1. The number of pyridine rings is 1. The van der Waals surface area contributed by atoms with Crippen LogP contribution < -0.4 is 0 Å². The van der Waals surface area contributed by atoms with Crippen molar-refractivity contribution in [1.29, 1.82) is 0 Å². The quantitative estimate of drug-likeness (QED) is 0.753. The Bertz CT molecular complexity index is 831. The first-order chi connectivity index (χ1) is 9.86. The summed E-state index contributed by atoms with van der Waals surface area (Å²) in [6.07, 6.45) is 1.30. The summed E-state index contributed by atoms with van der Waals surface area (Å²) in [6.45, 7) is 6.16. The molecule has 108 valence electrons. The van der Waals surface area contributed by atoms with Crippen molar-refractivity contribution >= 4 is 28.7 Å². The maximum Gasteiger partial charge on any atom is 0.337 e. The molecule has 7 nitrogen and oxygen atoms in total. The second kappa shape index (κ2) is 4.59. The summed E-state index contributed by atoms with van der Waals surface area (Å²) in [5.74, 6) is -0.407. The van der Waals surface area contributed by atoms with Gasteiger partial charge in [0, 0.05) is 11.6 Å². The van der Waals surface area contributed by atoms with Crippen LogP contribution in [0.2, 0.25) is 0 Å². The molecule has 0 fully saturated rings. The van der Waals surface area contributed by atoms with E-state index in [2.05, 4.69) is 45.3 Å². The fourth-order valence-corrected chi connectivity index (χ4v) is 2.78. The molecular formula is C13H13N5O2S. The van der Waals surface area contributed by atoms with E-state index in [4.69, 9.17) is 5.11 Å². The number of hydrogen-bond donors (Lipinski definition) is 2. The van der Waals surface area contributed by atoms with Gasteiger partial charge in [0.1, 0.15) is 4.88 Å². The summed E-state index contributed by atoms with van der Waals surface area (Å²) in [4.78, 5) is 23.4. The Morgan fingerprint density at radius 2 is 2.14 bits per heavy atom. The number of nitrogens with zero attached hydrogens (tertiary/aromatic N) is 4. The monoisotopic (exact) mass is 303 g/mol. The van der Waals surface area contributed by atoms with Crippen LogP contribution in [0.5, 0.6) is 0 Å². The van der Waals surface area contributed by atoms with Gasteiger partial charge in [0.15, 0.2) is 11.5 Å². The number of aromatic amines is 1. The maximum absolute atomic E-state index is 11.0. The van der Waals surface area contributed by atoms with Crippen molar-refractivity contribution in [3.05, 3.63) is 23.5 Å². The molecule has 3 aromatic heterocycles. The molecule has 0 amide bonds. The van der Waals surface area contributed by atoms with Crippen LogP contribution in [0.4, 0.5) is 0 Å². The number of carbonyl (C=O) groups is 1. The SMILES string of the molecule is CC(C)(C)c1nnsc1-c1nc2ncc(C(=O)O)cc2[nH]1. The molecule has 0 saturated carbocycles. The number of aromatic carboxylic acids is 1. The van der Waals surface area contributed by atoms with E-state index < -0.39 is 5.97 Å². The van der Waals surface area contributed by atoms with Gasteiger partial charge in [-0.1, -0.05) is 25.3 Å². The average Bonchev–Trinajstić information content (AvgIpc) is 3.03. The van der Waals surface area contributed by atoms with Gasteiger partial charge in [-0.05, 0) is 17.6 Å². The van der Waals surface area contributed by atoms with E-state index in [9.17, 15) is 4.79 Å². The molecule has 0 saturated heterocycles. The van der Waals surface area contributed by atoms with Crippen LogP contribution in [0.25, 0.3) is 21.9 Å². The van der Waals surface area contributed by atoms with E-state index in [-0.39, 0.29) is 11.0 Å². The number of aromatic nitrogens is 5. The molecule has 3 aromatic rings. The molecule has 0 radical (unpaired) electrons. The number of imidazole rings is 1. The number of carboxylic acid groups (broad SMARTS) is 1. The predicted octanol–water partition coefficient (Wildman–Crippen LogP) is 2.47. The van der Waals surface area contributed by atoms with Crippen molar-refractivity contribution < 1.29 is 9.90 Å². The van der Waals surface area contributed by atoms with Crippen LogP contribution in [-0.4, -0.2) is 35.6 Å². The predicted molar refractivity (Wildman–Crippen MR) is 78.5 cm³/mol. The standard InChI is InChI=1S/C13H13N5O2S/c1-13(2,3)9-8(21-18-17-9)11-15-7-4-6(12(19)20)5-14-10(7)16-11/h4-5H,1-3H3,(H,19,20)(H,14,15,16). The second-order valence-corrected chi connectivity index (χ2v) is 6.44. The molecule has 0 aliphatic rings. The Morgan fingerprint density at radius 1 is 1.38 bits per heavy atom. The molecule has 0 spiro atoms. The number of carboxylic acids is 1. The zero-order valence-corrected chi connectivity index (χ0v) is 12.5. The first kappa shape index (κ1) is 13.6. The van der Waals surface area contributed by atoms with Crippen molar-refractivity contribution in [3.8, 4) is 10.7 Å². The summed E-state index contributed by atoms with van der Waals surface area (Å²) in [5, 5.41) is 13.2. The zero-order chi connectivity index (χ0) is 15.2. The van der Waals surface area contributed by atoms with Gasteiger partial charge in [0.05, 0.1) is 16.8 Å². The Hall–Kier alpha value is -2.35. The zero-order valence-electron chi connectivity index (χ0n) is 11.7. The van der Waals surface area contributed by atoms with Gasteiger partial charge in [-0.3, -0.25) is 0 Å². The molecular weight excluding hydrogens is 290 g/mol. The molecule has 0 unspecified atom stereocenters. The molecule has 8 heteroatoms. The first-order valence-electron chi connectivity index (χ1n) is 6.28. The Balaban J connectivity index is 2.14. The minimum atomic E-state index is -1.02. The summed E-state index contributed by atoms with van der Waals surface area (Å²) in [7, 11) is 0. The van der Waals surface area contributed by atoms with E-state index in [1.807, 2.05) is 0 Å². The summed E-state index contributed by atoms with van der Waals surface area (Å²) in [6, 6.07) is 1.52. The molecule has 2 N–H and O–H groups in total. The Labute approximate surface area is 124 Å². The topological polar surface area (TPSA) is 105 Å². The lowest BCUT2D eigenvalue weighted by Crippen LogP contribution is -2.13. The van der Waals surface area contributed by atoms with E-state index >= 15 is 0 Å². The van der Waals surface area contributed by atoms with Gasteiger partial charge in [0.2, 0.25) is 0 Å². The van der Waals surface area contributed by atoms with Gasteiger partial charge < -0.3 is 10.1 Å². The molecule has 21 heavy (non-hydrogen) atoms. The maximum atomic E-state index is 11.0. The van der Waals surface area contributed by atoms with Gasteiger partial charge in [-0.25, -0.2) is 14.8 Å². The fraction of sp³-hybridized carbons (Fsp3) is 0.308. The summed E-state index contributed by atoms with van der Waals surface area (Å²) >= 11 is 1.26. The van der Waals surface area contributed by atoms with E-state index in [0.717, 1.165) is 10.6 Å². The largest absolute Gasteiger partial charge is 0.478 e.